The van der Waals surface area contributed by atoms with Crippen molar-refractivity contribution in [2.45, 2.75) is 13.8 Å². The van der Waals surface area contributed by atoms with Crippen LogP contribution in [0, 0.1) is 13.8 Å². The SMILES string of the molecule is Cc1c(Cl)cccc1NC(=O)c1nnn(-c2ccccc2)c1C. The van der Waals surface area contributed by atoms with Gasteiger partial charge in [-0.15, -0.1) is 5.10 Å². The summed E-state index contributed by atoms with van der Waals surface area (Å²) in [4.78, 5) is 12.5. The molecule has 1 amide bonds. The number of rotatable bonds is 3. The Morgan fingerprint density at radius 2 is 1.83 bits per heavy atom. The smallest absolute Gasteiger partial charge is 0.278 e. The number of nitrogens with zero attached hydrogens (tertiary/aromatic N) is 3. The summed E-state index contributed by atoms with van der Waals surface area (Å²) in [5, 5.41) is 11.5. The first-order valence-electron chi connectivity index (χ1n) is 7.12. The lowest BCUT2D eigenvalue weighted by molar-refractivity contribution is 0.102. The van der Waals surface area contributed by atoms with E-state index in [0.29, 0.717) is 16.4 Å². The second-order valence-electron chi connectivity index (χ2n) is 5.14. The topological polar surface area (TPSA) is 59.8 Å². The molecule has 23 heavy (non-hydrogen) atoms. The molecule has 0 fully saturated rings. The van der Waals surface area contributed by atoms with Crippen molar-refractivity contribution < 1.29 is 4.79 Å². The predicted molar refractivity (Wildman–Crippen MR) is 90.2 cm³/mol. The molecule has 1 aromatic heterocycles. The zero-order chi connectivity index (χ0) is 16.4. The third-order valence-electron chi connectivity index (χ3n) is 3.63. The van der Waals surface area contributed by atoms with E-state index in [4.69, 9.17) is 11.6 Å². The number of para-hydroxylation sites is 1. The summed E-state index contributed by atoms with van der Waals surface area (Å²) in [5.74, 6) is -0.310. The lowest BCUT2D eigenvalue weighted by atomic mass is 10.2. The predicted octanol–water partition coefficient (Wildman–Crippen LogP) is 3.79. The molecule has 0 radical (unpaired) electrons. The summed E-state index contributed by atoms with van der Waals surface area (Å²) in [7, 11) is 0. The molecule has 6 heteroatoms. The van der Waals surface area contributed by atoms with Crippen molar-refractivity contribution in [1.82, 2.24) is 15.0 Å². The number of aromatic nitrogens is 3. The van der Waals surface area contributed by atoms with Crippen LogP contribution in [-0.4, -0.2) is 20.9 Å². The Bertz CT molecular complexity index is 858. The van der Waals surface area contributed by atoms with Crippen LogP contribution in [0.25, 0.3) is 5.69 Å². The normalized spacial score (nSPS) is 10.6. The second-order valence-corrected chi connectivity index (χ2v) is 5.54. The molecule has 1 heterocycles. The van der Waals surface area contributed by atoms with Gasteiger partial charge < -0.3 is 5.32 Å². The van der Waals surface area contributed by atoms with Crippen LogP contribution >= 0.6 is 11.6 Å². The Labute approximate surface area is 138 Å². The van der Waals surface area contributed by atoms with Crippen LogP contribution in [0.3, 0.4) is 0 Å². The maximum atomic E-state index is 12.5. The number of anilines is 1. The van der Waals surface area contributed by atoms with E-state index in [2.05, 4.69) is 15.6 Å². The molecule has 0 unspecified atom stereocenters. The van der Waals surface area contributed by atoms with E-state index in [1.807, 2.05) is 44.2 Å². The summed E-state index contributed by atoms with van der Waals surface area (Å²) in [6, 6.07) is 14.9. The number of nitrogens with one attached hydrogen (secondary N) is 1. The summed E-state index contributed by atoms with van der Waals surface area (Å²) < 4.78 is 1.64. The monoisotopic (exact) mass is 326 g/mol. The van der Waals surface area contributed by atoms with Gasteiger partial charge in [-0.05, 0) is 43.7 Å². The van der Waals surface area contributed by atoms with Gasteiger partial charge in [-0.2, -0.15) is 0 Å². The molecule has 0 saturated carbocycles. The van der Waals surface area contributed by atoms with Crippen LogP contribution < -0.4 is 5.32 Å². The standard InChI is InChI=1S/C17H15ClN4O/c1-11-14(18)9-6-10-15(11)19-17(23)16-12(2)22(21-20-16)13-7-4-3-5-8-13/h3-10H,1-2H3,(H,19,23). The van der Waals surface area contributed by atoms with Crippen molar-refractivity contribution in [1.29, 1.82) is 0 Å². The van der Waals surface area contributed by atoms with Gasteiger partial charge in [0.2, 0.25) is 0 Å². The van der Waals surface area contributed by atoms with E-state index in [-0.39, 0.29) is 11.6 Å². The van der Waals surface area contributed by atoms with E-state index in [1.54, 1.807) is 22.9 Å². The molecule has 0 bridgehead atoms. The first kappa shape index (κ1) is 15.2. The van der Waals surface area contributed by atoms with Crippen molar-refractivity contribution in [3.8, 4) is 5.69 Å². The maximum Gasteiger partial charge on any atom is 0.278 e. The van der Waals surface area contributed by atoms with E-state index >= 15 is 0 Å². The average molecular weight is 327 g/mol. The number of halogens is 1. The Balaban J connectivity index is 1.89. The molecule has 1 N–H and O–H groups in total. The highest BCUT2D eigenvalue weighted by atomic mass is 35.5. The molecule has 0 atom stereocenters. The fourth-order valence-electron chi connectivity index (χ4n) is 2.28. The molecule has 0 aliphatic carbocycles. The van der Waals surface area contributed by atoms with Gasteiger partial charge in [0.25, 0.3) is 5.91 Å². The highest BCUT2D eigenvalue weighted by Gasteiger charge is 2.18. The van der Waals surface area contributed by atoms with Gasteiger partial charge >= 0.3 is 0 Å². The van der Waals surface area contributed by atoms with Gasteiger partial charge in [0.05, 0.1) is 11.4 Å². The summed E-state index contributed by atoms with van der Waals surface area (Å²) >= 11 is 6.08. The first-order valence-corrected chi connectivity index (χ1v) is 7.50. The highest BCUT2D eigenvalue weighted by Crippen LogP contribution is 2.23. The fourth-order valence-corrected chi connectivity index (χ4v) is 2.45. The summed E-state index contributed by atoms with van der Waals surface area (Å²) in [5.41, 5.74) is 3.30. The first-order chi connectivity index (χ1) is 11.1. The van der Waals surface area contributed by atoms with Crippen LogP contribution in [-0.2, 0) is 0 Å². The van der Waals surface area contributed by atoms with E-state index < -0.39 is 0 Å². The Morgan fingerprint density at radius 3 is 2.57 bits per heavy atom. The molecule has 5 nitrogen and oxygen atoms in total. The molecule has 0 saturated heterocycles. The molecule has 0 aliphatic rings. The van der Waals surface area contributed by atoms with Crippen molar-refractivity contribution in [3.63, 3.8) is 0 Å². The Kier molecular flexibility index (Phi) is 4.12. The van der Waals surface area contributed by atoms with Gasteiger partial charge in [0.15, 0.2) is 5.69 Å². The Morgan fingerprint density at radius 1 is 1.09 bits per heavy atom. The van der Waals surface area contributed by atoms with Crippen molar-refractivity contribution >= 4 is 23.2 Å². The average Bonchev–Trinajstić information content (AvgIpc) is 2.94. The third-order valence-corrected chi connectivity index (χ3v) is 4.04. The molecule has 0 spiro atoms. The zero-order valence-corrected chi connectivity index (χ0v) is 13.5. The van der Waals surface area contributed by atoms with Crippen molar-refractivity contribution in [2.24, 2.45) is 0 Å². The molecule has 3 rings (SSSR count). The van der Waals surface area contributed by atoms with Crippen LogP contribution in [0.15, 0.2) is 48.5 Å². The molecular weight excluding hydrogens is 312 g/mol. The van der Waals surface area contributed by atoms with E-state index in [1.165, 1.54) is 0 Å². The lowest BCUT2D eigenvalue weighted by Gasteiger charge is -2.08. The van der Waals surface area contributed by atoms with Crippen LogP contribution in [0.2, 0.25) is 5.02 Å². The molecule has 116 valence electrons. The van der Waals surface area contributed by atoms with Gasteiger partial charge in [-0.1, -0.05) is 41.1 Å². The lowest BCUT2D eigenvalue weighted by Crippen LogP contribution is -2.15. The molecular formula is C17H15ClN4O. The van der Waals surface area contributed by atoms with Gasteiger partial charge in [0, 0.05) is 10.7 Å². The van der Waals surface area contributed by atoms with Crippen LogP contribution in [0.5, 0.6) is 0 Å². The quantitative estimate of drug-likeness (QED) is 0.796. The Hall–Kier alpha value is -2.66. The number of carbonyl (C=O) groups is 1. The minimum absolute atomic E-state index is 0.285. The van der Waals surface area contributed by atoms with E-state index in [9.17, 15) is 4.79 Å². The third kappa shape index (κ3) is 2.96. The molecule has 3 aromatic rings. The molecule has 0 aliphatic heterocycles. The van der Waals surface area contributed by atoms with Gasteiger partial charge in [0.1, 0.15) is 0 Å². The number of amides is 1. The van der Waals surface area contributed by atoms with E-state index in [0.717, 1.165) is 11.3 Å². The minimum atomic E-state index is -0.310. The maximum absolute atomic E-state index is 12.5. The molecule has 2 aromatic carbocycles. The highest BCUT2D eigenvalue weighted by molar-refractivity contribution is 6.31. The van der Waals surface area contributed by atoms with Gasteiger partial charge in [-0.3, -0.25) is 4.79 Å². The largest absolute Gasteiger partial charge is 0.320 e. The van der Waals surface area contributed by atoms with Gasteiger partial charge in [-0.25, -0.2) is 4.68 Å². The summed E-state index contributed by atoms with van der Waals surface area (Å²) in [6.45, 7) is 3.67. The zero-order valence-electron chi connectivity index (χ0n) is 12.7. The number of hydrogen-bond donors (Lipinski definition) is 1. The van der Waals surface area contributed by atoms with Crippen molar-refractivity contribution in [3.05, 3.63) is 70.5 Å². The van der Waals surface area contributed by atoms with Crippen LogP contribution in [0.1, 0.15) is 21.7 Å². The number of benzene rings is 2. The van der Waals surface area contributed by atoms with Crippen molar-refractivity contribution in [2.75, 3.05) is 5.32 Å². The number of hydrogen-bond acceptors (Lipinski definition) is 3. The number of carbonyl (C=O) groups excluding carboxylic acids is 1. The summed E-state index contributed by atoms with van der Waals surface area (Å²) in [6.07, 6.45) is 0. The minimum Gasteiger partial charge on any atom is -0.320 e. The second kappa shape index (κ2) is 6.22. The fraction of sp³-hybridized carbons (Fsp3) is 0.118. The van der Waals surface area contributed by atoms with Crippen LogP contribution in [0.4, 0.5) is 5.69 Å².